The number of hydrogen-bond acceptors (Lipinski definition) is 1. The van der Waals surface area contributed by atoms with Crippen LogP contribution in [0.25, 0.3) is 6.08 Å². The van der Waals surface area contributed by atoms with Crippen LogP contribution in [-0.4, -0.2) is 18.6 Å². The van der Waals surface area contributed by atoms with Crippen LogP contribution < -0.4 is 5.32 Å². The van der Waals surface area contributed by atoms with Gasteiger partial charge in [-0.3, -0.25) is 4.79 Å². The Hall–Kier alpha value is -1.78. The maximum absolute atomic E-state index is 11.8. The van der Waals surface area contributed by atoms with Crippen molar-refractivity contribution in [3.63, 3.8) is 0 Å². The van der Waals surface area contributed by atoms with Gasteiger partial charge in [0.15, 0.2) is 0 Å². The second-order valence-electron chi connectivity index (χ2n) is 3.71. The SMILES string of the molecule is O=C(NCCC/C=C/c1ccccc1)C(F)(F)F. The number of benzene rings is 1. The molecule has 1 rings (SSSR count). The number of hydrogen-bond donors (Lipinski definition) is 1. The zero-order valence-electron chi connectivity index (χ0n) is 9.70. The summed E-state index contributed by atoms with van der Waals surface area (Å²) in [7, 11) is 0. The number of halogens is 3. The molecule has 0 aliphatic rings. The van der Waals surface area contributed by atoms with Gasteiger partial charge in [-0.15, -0.1) is 0 Å². The van der Waals surface area contributed by atoms with E-state index in [0.29, 0.717) is 12.8 Å². The number of unbranched alkanes of at least 4 members (excludes halogenated alkanes) is 1. The van der Waals surface area contributed by atoms with Gasteiger partial charge in [0.1, 0.15) is 0 Å². The second-order valence-corrected chi connectivity index (χ2v) is 3.71. The molecule has 5 heteroatoms. The van der Waals surface area contributed by atoms with Crippen LogP contribution in [0.3, 0.4) is 0 Å². The molecule has 0 fully saturated rings. The highest BCUT2D eigenvalue weighted by Gasteiger charge is 2.37. The van der Waals surface area contributed by atoms with Gasteiger partial charge in [-0.05, 0) is 18.4 Å². The summed E-state index contributed by atoms with van der Waals surface area (Å²) in [4.78, 5) is 10.5. The molecule has 98 valence electrons. The van der Waals surface area contributed by atoms with Crippen LogP contribution in [0.1, 0.15) is 18.4 Å². The molecule has 1 aromatic carbocycles. The Morgan fingerprint density at radius 1 is 1.22 bits per heavy atom. The van der Waals surface area contributed by atoms with Gasteiger partial charge in [0.2, 0.25) is 0 Å². The molecule has 0 radical (unpaired) electrons. The Kier molecular flexibility index (Phi) is 5.42. The summed E-state index contributed by atoms with van der Waals surface area (Å²) in [5.41, 5.74) is 1.04. The number of allylic oxidation sites excluding steroid dienone is 1. The largest absolute Gasteiger partial charge is 0.471 e. The Labute approximate surface area is 104 Å². The zero-order chi connectivity index (χ0) is 13.4. The molecule has 0 spiro atoms. The minimum absolute atomic E-state index is 0.0253. The van der Waals surface area contributed by atoms with E-state index in [9.17, 15) is 18.0 Å². The third kappa shape index (κ3) is 5.52. The summed E-state index contributed by atoms with van der Waals surface area (Å²) in [5, 5.41) is 1.82. The highest BCUT2D eigenvalue weighted by Crippen LogP contribution is 2.13. The smallest absolute Gasteiger partial charge is 0.348 e. The number of carbonyl (C=O) groups excluding carboxylic acids is 1. The van der Waals surface area contributed by atoms with Crippen molar-refractivity contribution in [1.82, 2.24) is 5.32 Å². The van der Waals surface area contributed by atoms with E-state index in [1.807, 2.05) is 47.8 Å². The summed E-state index contributed by atoms with van der Waals surface area (Å²) in [6, 6.07) is 9.58. The van der Waals surface area contributed by atoms with Crippen molar-refractivity contribution >= 4 is 12.0 Å². The fraction of sp³-hybridized carbons (Fsp3) is 0.308. The van der Waals surface area contributed by atoms with Gasteiger partial charge in [-0.2, -0.15) is 13.2 Å². The van der Waals surface area contributed by atoms with E-state index in [1.54, 1.807) is 0 Å². The number of rotatable bonds is 5. The number of amides is 1. The van der Waals surface area contributed by atoms with E-state index in [1.165, 1.54) is 0 Å². The Balaban J connectivity index is 2.16. The average molecular weight is 257 g/mol. The molecule has 0 aliphatic carbocycles. The summed E-state index contributed by atoms with van der Waals surface area (Å²) in [6.45, 7) is 0.0253. The normalized spacial score (nSPS) is 11.7. The molecule has 0 saturated carbocycles. The van der Waals surface area contributed by atoms with Crippen LogP contribution >= 0.6 is 0 Å². The predicted octanol–water partition coefficient (Wildman–Crippen LogP) is 3.16. The van der Waals surface area contributed by atoms with Crippen LogP contribution in [-0.2, 0) is 4.79 Å². The molecule has 18 heavy (non-hydrogen) atoms. The van der Waals surface area contributed by atoms with Gasteiger partial charge in [0.25, 0.3) is 0 Å². The molecule has 1 aromatic rings. The molecule has 0 heterocycles. The summed E-state index contributed by atoms with van der Waals surface area (Å²) < 4.78 is 35.5. The summed E-state index contributed by atoms with van der Waals surface area (Å²) >= 11 is 0. The molecule has 0 unspecified atom stereocenters. The van der Waals surface area contributed by atoms with E-state index < -0.39 is 12.1 Å². The van der Waals surface area contributed by atoms with Gasteiger partial charge in [-0.25, -0.2) is 0 Å². The molecule has 0 bridgehead atoms. The first-order valence-corrected chi connectivity index (χ1v) is 5.57. The predicted molar refractivity (Wildman–Crippen MR) is 63.8 cm³/mol. The van der Waals surface area contributed by atoms with Gasteiger partial charge in [0, 0.05) is 6.54 Å². The first kappa shape index (κ1) is 14.3. The highest BCUT2D eigenvalue weighted by atomic mass is 19.4. The van der Waals surface area contributed by atoms with Crippen LogP contribution in [0.5, 0.6) is 0 Å². The summed E-state index contributed by atoms with van der Waals surface area (Å²) in [5.74, 6) is -1.88. The lowest BCUT2D eigenvalue weighted by atomic mass is 10.2. The maximum Gasteiger partial charge on any atom is 0.471 e. The maximum atomic E-state index is 11.8. The zero-order valence-corrected chi connectivity index (χ0v) is 9.70. The molecule has 0 aliphatic heterocycles. The second kappa shape index (κ2) is 6.83. The molecule has 1 N–H and O–H groups in total. The fourth-order valence-electron chi connectivity index (χ4n) is 1.31. The van der Waals surface area contributed by atoms with Gasteiger partial charge >= 0.3 is 12.1 Å². The van der Waals surface area contributed by atoms with Gasteiger partial charge in [-0.1, -0.05) is 42.5 Å². The lowest BCUT2D eigenvalue weighted by molar-refractivity contribution is -0.173. The first-order valence-electron chi connectivity index (χ1n) is 5.57. The first-order chi connectivity index (χ1) is 8.50. The minimum Gasteiger partial charge on any atom is -0.348 e. The molecular weight excluding hydrogens is 243 g/mol. The van der Waals surface area contributed by atoms with Crippen molar-refractivity contribution in [2.75, 3.05) is 6.54 Å². The van der Waals surface area contributed by atoms with Crippen molar-refractivity contribution in [2.45, 2.75) is 19.0 Å². The number of carbonyl (C=O) groups is 1. The molecule has 0 atom stereocenters. The molecular formula is C13H14F3NO. The van der Waals surface area contributed by atoms with Crippen LogP contribution in [0.15, 0.2) is 36.4 Å². The van der Waals surface area contributed by atoms with E-state index in [2.05, 4.69) is 0 Å². The van der Waals surface area contributed by atoms with Crippen LogP contribution in [0.2, 0.25) is 0 Å². The van der Waals surface area contributed by atoms with E-state index in [0.717, 1.165) is 5.56 Å². The van der Waals surface area contributed by atoms with E-state index in [4.69, 9.17) is 0 Å². The average Bonchev–Trinajstić information content (AvgIpc) is 2.33. The Morgan fingerprint density at radius 3 is 2.50 bits per heavy atom. The van der Waals surface area contributed by atoms with E-state index in [-0.39, 0.29) is 6.54 Å². The standard InChI is InChI=1S/C13H14F3NO/c14-13(15,16)12(18)17-10-6-2-5-9-11-7-3-1-4-8-11/h1,3-5,7-9H,2,6,10H2,(H,17,18)/b9-5+. The molecule has 1 amide bonds. The summed E-state index contributed by atoms with van der Waals surface area (Å²) in [6.07, 6.45) is 0.0682. The number of nitrogens with one attached hydrogen (secondary N) is 1. The van der Waals surface area contributed by atoms with Crippen LogP contribution in [0, 0.1) is 0 Å². The minimum atomic E-state index is -4.79. The monoisotopic (exact) mass is 257 g/mol. The number of alkyl halides is 3. The van der Waals surface area contributed by atoms with Gasteiger partial charge in [0.05, 0.1) is 0 Å². The van der Waals surface area contributed by atoms with Crippen molar-refractivity contribution < 1.29 is 18.0 Å². The lowest BCUT2D eigenvalue weighted by Crippen LogP contribution is -2.37. The molecule has 2 nitrogen and oxygen atoms in total. The third-order valence-electron chi connectivity index (χ3n) is 2.20. The quantitative estimate of drug-likeness (QED) is 0.806. The molecule has 0 saturated heterocycles. The lowest BCUT2D eigenvalue weighted by Gasteiger charge is -2.06. The fourth-order valence-corrected chi connectivity index (χ4v) is 1.31. The molecule has 0 aromatic heterocycles. The van der Waals surface area contributed by atoms with Crippen LogP contribution in [0.4, 0.5) is 13.2 Å². The topological polar surface area (TPSA) is 29.1 Å². The third-order valence-corrected chi connectivity index (χ3v) is 2.20. The van der Waals surface area contributed by atoms with Gasteiger partial charge < -0.3 is 5.32 Å². The van der Waals surface area contributed by atoms with Crippen molar-refractivity contribution in [1.29, 1.82) is 0 Å². The Bertz CT molecular complexity index is 398. The Morgan fingerprint density at radius 2 is 1.89 bits per heavy atom. The van der Waals surface area contributed by atoms with Crippen molar-refractivity contribution in [3.05, 3.63) is 42.0 Å². The van der Waals surface area contributed by atoms with Crippen molar-refractivity contribution in [2.24, 2.45) is 0 Å². The highest BCUT2D eigenvalue weighted by molar-refractivity contribution is 5.81. The van der Waals surface area contributed by atoms with E-state index >= 15 is 0 Å². The van der Waals surface area contributed by atoms with Crippen molar-refractivity contribution in [3.8, 4) is 0 Å².